The first-order valence-corrected chi connectivity index (χ1v) is 18.0. The smallest absolute Gasteiger partial charge is 0.0546 e. The molecule has 1 nitrogen and oxygen atoms in total. The Hall–Kier alpha value is -4.88. The Kier molecular flexibility index (Phi) is 7.63. The number of benzene rings is 6. The average molecular weight is 638 g/mol. The predicted octanol–water partition coefficient (Wildman–Crippen LogP) is 13.9. The second-order valence-corrected chi connectivity index (χ2v) is 16.1. The molecule has 8 rings (SSSR count). The molecule has 1 atom stereocenters. The Bertz CT molecular complexity index is 2240. The van der Waals surface area contributed by atoms with E-state index in [9.17, 15) is 0 Å². The lowest BCUT2D eigenvalue weighted by atomic mass is 9.76. The zero-order chi connectivity index (χ0) is 33.9. The van der Waals surface area contributed by atoms with E-state index in [-0.39, 0.29) is 10.8 Å². The molecule has 0 amide bonds. The maximum Gasteiger partial charge on any atom is 0.0546 e. The minimum absolute atomic E-state index is 0.0845. The summed E-state index contributed by atoms with van der Waals surface area (Å²) in [7, 11) is 0. The fourth-order valence-electron chi connectivity index (χ4n) is 8.09. The van der Waals surface area contributed by atoms with Crippen molar-refractivity contribution in [1.82, 2.24) is 0 Å². The molecule has 0 aromatic heterocycles. The van der Waals surface area contributed by atoms with Gasteiger partial charge in [0.1, 0.15) is 0 Å². The highest BCUT2D eigenvalue weighted by atomic mass is 15.1. The number of nitrogens with zero attached hydrogens (tertiary/aromatic N) is 1. The first kappa shape index (κ1) is 31.4. The van der Waals surface area contributed by atoms with Crippen LogP contribution in [-0.4, -0.2) is 0 Å². The van der Waals surface area contributed by atoms with Gasteiger partial charge < -0.3 is 4.90 Å². The Labute approximate surface area is 292 Å². The predicted molar refractivity (Wildman–Crippen MR) is 214 cm³/mol. The van der Waals surface area contributed by atoms with Crippen LogP contribution in [0.2, 0.25) is 0 Å². The molecule has 0 radical (unpaired) electrons. The van der Waals surface area contributed by atoms with Gasteiger partial charge in [0.15, 0.2) is 0 Å². The molecule has 0 heterocycles. The molecule has 0 saturated carbocycles. The lowest BCUT2D eigenvalue weighted by molar-refractivity contribution is 0.571. The van der Waals surface area contributed by atoms with Crippen LogP contribution in [0.25, 0.3) is 37.9 Å². The van der Waals surface area contributed by atoms with Gasteiger partial charge in [0.2, 0.25) is 0 Å². The summed E-state index contributed by atoms with van der Waals surface area (Å²) in [4.78, 5) is 2.47. The summed E-state index contributed by atoms with van der Waals surface area (Å²) in [5, 5.41) is 7.81. The first-order chi connectivity index (χ1) is 23.6. The lowest BCUT2D eigenvalue weighted by Gasteiger charge is -2.30. The fraction of sp³-hybridized carbons (Fsp3) is 0.250. The summed E-state index contributed by atoms with van der Waals surface area (Å²) in [6.07, 6.45) is 13.0. The van der Waals surface area contributed by atoms with Gasteiger partial charge in [-0.3, -0.25) is 0 Å². The Morgan fingerprint density at radius 3 is 1.76 bits per heavy atom. The van der Waals surface area contributed by atoms with E-state index < -0.39 is 0 Å². The Balaban J connectivity index is 1.42. The number of allylic oxidation sites excluding steroid dienone is 6. The molecule has 0 saturated heterocycles. The molecule has 2 aliphatic rings. The zero-order valence-electron chi connectivity index (χ0n) is 29.8. The SMILES string of the molecule is CC(C)(C)c1ccc(N(c2ccc(C(C)(C)C)cc2)c2cc3cc(C4=CCCC5CC=CC=C45)c4ccccc4c3c3ccccc23)cc1. The lowest BCUT2D eigenvalue weighted by Crippen LogP contribution is -2.14. The molecule has 6 aromatic rings. The summed E-state index contributed by atoms with van der Waals surface area (Å²) >= 11 is 0. The Morgan fingerprint density at radius 2 is 1.16 bits per heavy atom. The third kappa shape index (κ3) is 5.60. The van der Waals surface area contributed by atoms with Crippen LogP contribution in [0.4, 0.5) is 17.1 Å². The molecule has 6 aromatic carbocycles. The quantitative estimate of drug-likeness (QED) is 0.174. The van der Waals surface area contributed by atoms with Crippen molar-refractivity contribution < 1.29 is 0 Å². The average Bonchev–Trinajstić information content (AvgIpc) is 3.11. The fourth-order valence-corrected chi connectivity index (χ4v) is 8.09. The molecule has 0 aliphatic heterocycles. The first-order valence-electron chi connectivity index (χ1n) is 18.0. The second-order valence-electron chi connectivity index (χ2n) is 16.1. The van der Waals surface area contributed by atoms with E-state index in [1.807, 2.05) is 0 Å². The molecule has 2 aliphatic carbocycles. The topological polar surface area (TPSA) is 3.24 Å². The molecule has 1 unspecified atom stereocenters. The molecule has 49 heavy (non-hydrogen) atoms. The molecule has 0 spiro atoms. The maximum absolute atomic E-state index is 2.50. The van der Waals surface area contributed by atoms with Crippen LogP contribution in [0.1, 0.15) is 77.5 Å². The van der Waals surface area contributed by atoms with Crippen LogP contribution in [-0.2, 0) is 10.8 Å². The highest BCUT2D eigenvalue weighted by Crippen LogP contribution is 2.48. The van der Waals surface area contributed by atoms with Gasteiger partial charge in [-0.05, 0) is 127 Å². The van der Waals surface area contributed by atoms with Crippen LogP contribution in [0.3, 0.4) is 0 Å². The summed E-state index contributed by atoms with van der Waals surface area (Å²) in [5.41, 5.74) is 10.6. The number of fused-ring (bicyclic) bond motifs is 6. The number of hydrogen-bond donors (Lipinski definition) is 0. The molecule has 0 fully saturated rings. The number of rotatable bonds is 4. The van der Waals surface area contributed by atoms with Gasteiger partial charge in [-0.1, -0.05) is 139 Å². The molecular weight excluding hydrogens is 591 g/mol. The third-order valence-corrected chi connectivity index (χ3v) is 10.8. The van der Waals surface area contributed by atoms with Crippen LogP contribution in [0, 0.1) is 5.92 Å². The van der Waals surface area contributed by atoms with Crippen molar-refractivity contribution in [2.24, 2.45) is 5.92 Å². The van der Waals surface area contributed by atoms with Crippen molar-refractivity contribution in [1.29, 1.82) is 0 Å². The van der Waals surface area contributed by atoms with Crippen LogP contribution < -0.4 is 4.90 Å². The van der Waals surface area contributed by atoms with E-state index in [2.05, 4.69) is 180 Å². The minimum Gasteiger partial charge on any atom is -0.310 e. The minimum atomic E-state index is 0.0845. The summed E-state index contributed by atoms with van der Waals surface area (Å²) in [5.74, 6) is 0.606. The van der Waals surface area contributed by atoms with Crippen molar-refractivity contribution >= 4 is 55.0 Å². The summed E-state index contributed by atoms with van der Waals surface area (Å²) in [6, 6.07) is 41.5. The van der Waals surface area contributed by atoms with E-state index in [0.29, 0.717) is 5.92 Å². The second kappa shape index (κ2) is 11.9. The van der Waals surface area contributed by atoms with Gasteiger partial charge in [-0.2, -0.15) is 0 Å². The highest BCUT2D eigenvalue weighted by Gasteiger charge is 2.26. The van der Waals surface area contributed by atoms with E-state index in [4.69, 9.17) is 0 Å². The molecule has 0 bridgehead atoms. The van der Waals surface area contributed by atoms with Gasteiger partial charge in [0.25, 0.3) is 0 Å². The highest BCUT2D eigenvalue weighted by molar-refractivity contribution is 6.25. The summed E-state index contributed by atoms with van der Waals surface area (Å²) < 4.78 is 0. The van der Waals surface area contributed by atoms with E-state index >= 15 is 0 Å². The van der Waals surface area contributed by atoms with Crippen LogP contribution in [0.15, 0.2) is 139 Å². The largest absolute Gasteiger partial charge is 0.310 e. The van der Waals surface area contributed by atoms with Crippen LogP contribution in [0.5, 0.6) is 0 Å². The van der Waals surface area contributed by atoms with Crippen molar-refractivity contribution in [3.05, 3.63) is 156 Å². The van der Waals surface area contributed by atoms with Crippen molar-refractivity contribution in [2.45, 2.75) is 71.6 Å². The van der Waals surface area contributed by atoms with Gasteiger partial charge >= 0.3 is 0 Å². The molecule has 244 valence electrons. The van der Waals surface area contributed by atoms with Gasteiger partial charge in [-0.15, -0.1) is 0 Å². The summed E-state index contributed by atoms with van der Waals surface area (Å²) in [6.45, 7) is 13.7. The number of anilines is 3. The molecule has 1 heteroatoms. The van der Waals surface area contributed by atoms with Gasteiger partial charge in [0, 0.05) is 16.8 Å². The van der Waals surface area contributed by atoms with E-state index in [0.717, 1.165) is 12.8 Å². The monoisotopic (exact) mass is 637 g/mol. The van der Waals surface area contributed by atoms with Crippen molar-refractivity contribution in [3.8, 4) is 0 Å². The standard InChI is InChI=1S/C48H47N/c1-47(2,3)34-22-26-36(27-23-34)49(37-28-24-35(25-29-37)48(4,5)6)45-31-33-30-44(39-21-13-15-32-14-7-8-16-38(32)39)40-17-9-11-19-42(40)46(33)43-20-12-10-18-41(43)45/h7-12,16-32H,13-15H2,1-6H3. The van der Waals surface area contributed by atoms with E-state index in [1.54, 1.807) is 0 Å². The maximum atomic E-state index is 2.50. The molecule has 0 N–H and O–H groups in total. The zero-order valence-corrected chi connectivity index (χ0v) is 29.8. The Morgan fingerprint density at radius 1 is 0.612 bits per heavy atom. The molecular formula is C48H47N. The van der Waals surface area contributed by atoms with Crippen molar-refractivity contribution in [3.63, 3.8) is 0 Å². The third-order valence-electron chi connectivity index (χ3n) is 10.8. The normalized spacial score (nSPS) is 16.5. The number of hydrogen-bond acceptors (Lipinski definition) is 1. The van der Waals surface area contributed by atoms with Crippen molar-refractivity contribution in [2.75, 3.05) is 4.90 Å². The van der Waals surface area contributed by atoms with Gasteiger partial charge in [0.05, 0.1) is 5.69 Å². The van der Waals surface area contributed by atoms with Crippen LogP contribution >= 0.6 is 0 Å². The van der Waals surface area contributed by atoms with E-state index in [1.165, 1.54) is 83.6 Å². The van der Waals surface area contributed by atoms with Gasteiger partial charge in [-0.25, -0.2) is 0 Å².